The molecule has 0 saturated carbocycles. The Balaban J connectivity index is 1.66. The summed E-state index contributed by atoms with van der Waals surface area (Å²) in [6.07, 6.45) is 2.11. The number of hydrogen-bond acceptors (Lipinski definition) is 6. The zero-order valence-electron chi connectivity index (χ0n) is 13.8. The van der Waals surface area contributed by atoms with Crippen LogP contribution in [0.15, 0.2) is 47.5 Å². The van der Waals surface area contributed by atoms with Crippen molar-refractivity contribution in [3.8, 4) is 5.75 Å². The highest BCUT2D eigenvalue weighted by molar-refractivity contribution is 5.86. The van der Waals surface area contributed by atoms with E-state index in [4.69, 9.17) is 4.74 Å². The molecular weight excluding hydrogens is 336 g/mol. The van der Waals surface area contributed by atoms with E-state index in [1.165, 1.54) is 12.4 Å². The number of rotatable bonds is 4. The van der Waals surface area contributed by atoms with Crippen LogP contribution in [0.25, 0.3) is 10.9 Å². The molecule has 0 radical (unpaired) electrons. The van der Waals surface area contributed by atoms with Gasteiger partial charge in [-0.3, -0.25) is 14.9 Å². The van der Waals surface area contributed by atoms with Gasteiger partial charge in [0.15, 0.2) is 0 Å². The van der Waals surface area contributed by atoms with E-state index in [1.54, 1.807) is 6.07 Å². The molecule has 0 spiro atoms. The summed E-state index contributed by atoms with van der Waals surface area (Å²) >= 11 is 0. The molecule has 8 nitrogen and oxygen atoms in total. The molecule has 0 fully saturated rings. The first-order valence-electron chi connectivity index (χ1n) is 8.25. The molecule has 0 amide bonds. The predicted octanol–water partition coefficient (Wildman–Crippen LogP) is 2.81. The van der Waals surface area contributed by atoms with Crippen LogP contribution in [-0.4, -0.2) is 28.0 Å². The second kappa shape index (κ2) is 6.47. The van der Waals surface area contributed by atoms with Crippen molar-refractivity contribution in [1.82, 2.24) is 9.97 Å². The maximum absolute atomic E-state index is 11.9. The molecule has 0 saturated heterocycles. The number of benzene rings is 2. The molecule has 1 atom stereocenters. The number of nitrogens with one attached hydrogen (secondary N) is 2. The van der Waals surface area contributed by atoms with Gasteiger partial charge in [-0.05, 0) is 24.1 Å². The number of ether oxygens (including phenoxy) is 1. The SMILES string of the molecule is O=c1[nH]cnc2cc(NCC3CCOc4ccccc43)c([N+](=O)[O-])cc12. The van der Waals surface area contributed by atoms with Crippen molar-refractivity contribution < 1.29 is 9.66 Å². The standard InChI is InChI=1S/C18H16N4O4/c23-18-13-7-16(22(24)25)15(8-14(13)20-10-21-18)19-9-11-5-6-26-17-4-2-1-3-12(11)17/h1-4,7-8,10-11,19H,5-6,9H2,(H,20,21,23). The van der Waals surface area contributed by atoms with Gasteiger partial charge in [0.25, 0.3) is 11.2 Å². The number of nitro groups is 1. The van der Waals surface area contributed by atoms with E-state index in [0.717, 1.165) is 17.7 Å². The molecule has 2 heterocycles. The Bertz CT molecular complexity index is 1050. The first-order chi connectivity index (χ1) is 12.6. The van der Waals surface area contributed by atoms with Crippen molar-refractivity contribution >= 4 is 22.3 Å². The van der Waals surface area contributed by atoms with E-state index in [2.05, 4.69) is 15.3 Å². The Morgan fingerprint density at radius 1 is 1.35 bits per heavy atom. The summed E-state index contributed by atoms with van der Waals surface area (Å²) in [6, 6.07) is 10.6. The van der Waals surface area contributed by atoms with Gasteiger partial charge in [0, 0.05) is 18.5 Å². The minimum atomic E-state index is -0.494. The number of anilines is 1. The topological polar surface area (TPSA) is 110 Å². The Morgan fingerprint density at radius 2 is 2.19 bits per heavy atom. The molecule has 0 bridgehead atoms. The Morgan fingerprint density at radius 3 is 3.04 bits per heavy atom. The summed E-state index contributed by atoms with van der Waals surface area (Å²) in [4.78, 5) is 29.3. The van der Waals surface area contributed by atoms with E-state index < -0.39 is 10.5 Å². The summed E-state index contributed by atoms with van der Waals surface area (Å²) < 4.78 is 5.65. The third-order valence-corrected chi connectivity index (χ3v) is 4.58. The van der Waals surface area contributed by atoms with Crippen LogP contribution in [0.1, 0.15) is 17.9 Å². The smallest absolute Gasteiger partial charge is 0.293 e. The molecule has 2 N–H and O–H groups in total. The van der Waals surface area contributed by atoms with Crippen molar-refractivity contribution in [2.24, 2.45) is 0 Å². The van der Waals surface area contributed by atoms with E-state index in [9.17, 15) is 14.9 Å². The number of aromatic nitrogens is 2. The van der Waals surface area contributed by atoms with Crippen molar-refractivity contribution in [3.05, 3.63) is 68.8 Å². The maximum Gasteiger partial charge on any atom is 0.293 e. The molecule has 8 heteroatoms. The van der Waals surface area contributed by atoms with Crippen LogP contribution in [0, 0.1) is 10.1 Å². The number of nitrogens with zero attached hydrogens (tertiary/aromatic N) is 2. The quantitative estimate of drug-likeness (QED) is 0.552. The molecule has 1 aliphatic rings. The van der Waals surface area contributed by atoms with Gasteiger partial charge in [0.2, 0.25) is 0 Å². The number of para-hydroxylation sites is 1. The fraction of sp³-hybridized carbons (Fsp3) is 0.222. The van der Waals surface area contributed by atoms with Crippen LogP contribution in [0.4, 0.5) is 11.4 Å². The lowest BCUT2D eigenvalue weighted by molar-refractivity contribution is -0.383. The van der Waals surface area contributed by atoms with Crippen LogP contribution in [0.2, 0.25) is 0 Å². The molecule has 26 heavy (non-hydrogen) atoms. The third kappa shape index (κ3) is 2.85. The highest BCUT2D eigenvalue weighted by Crippen LogP contribution is 2.34. The van der Waals surface area contributed by atoms with Crippen molar-refractivity contribution in [2.75, 3.05) is 18.5 Å². The molecule has 3 aromatic rings. The zero-order chi connectivity index (χ0) is 18.1. The summed E-state index contributed by atoms with van der Waals surface area (Å²) in [5.74, 6) is 1.04. The summed E-state index contributed by atoms with van der Waals surface area (Å²) in [6.45, 7) is 1.13. The van der Waals surface area contributed by atoms with Gasteiger partial charge >= 0.3 is 0 Å². The van der Waals surface area contributed by atoms with Gasteiger partial charge in [0.05, 0.1) is 28.8 Å². The Hall–Kier alpha value is -3.42. The first-order valence-corrected chi connectivity index (χ1v) is 8.25. The molecule has 0 aliphatic carbocycles. The van der Waals surface area contributed by atoms with E-state index in [1.807, 2.05) is 24.3 Å². The van der Waals surface area contributed by atoms with Gasteiger partial charge < -0.3 is 15.0 Å². The van der Waals surface area contributed by atoms with Gasteiger partial charge in [-0.2, -0.15) is 0 Å². The monoisotopic (exact) mass is 352 g/mol. The van der Waals surface area contributed by atoms with Crippen LogP contribution in [0.5, 0.6) is 5.75 Å². The fourth-order valence-corrected chi connectivity index (χ4v) is 3.26. The lowest BCUT2D eigenvalue weighted by atomic mass is 9.93. The highest BCUT2D eigenvalue weighted by Gasteiger charge is 2.23. The van der Waals surface area contributed by atoms with Crippen molar-refractivity contribution in [2.45, 2.75) is 12.3 Å². The molecule has 1 aromatic heterocycles. The number of fused-ring (bicyclic) bond motifs is 2. The van der Waals surface area contributed by atoms with Crippen LogP contribution >= 0.6 is 0 Å². The average Bonchev–Trinajstić information content (AvgIpc) is 2.66. The predicted molar refractivity (Wildman–Crippen MR) is 96.8 cm³/mol. The normalized spacial score (nSPS) is 15.9. The largest absolute Gasteiger partial charge is 0.493 e. The molecule has 1 unspecified atom stereocenters. The fourth-order valence-electron chi connectivity index (χ4n) is 3.26. The van der Waals surface area contributed by atoms with Crippen molar-refractivity contribution in [3.63, 3.8) is 0 Å². The summed E-state index contributed by atoms with van der Waals surface area (Å²) in [7, 11) is 0. The number of nitro benzene ring substituents is 1. The van der Waals surface area contributed by atoms with E-state index in [-0.39, 0.29) is 17.0 Å². The first kappa shape index (κ1) is 16.1. The van der Waals surface area contributed by atoms with Crippen molar-refractivity contribution in [1.29, 1.82) is 0 Å². The molecular formula is C18H16N4O4. The average molecular weight is 352 g/mol. The Labute approximate surface area is 148 Å². The minimum absolute atomic E-state index is 0.142. The zero-order valence-corrected chi connectivity index (χ0v) is 13.8. The van der Waals surface area contributed by atoms with E-state index in [0.29, 0.717) is 24.4 Å². The van der Waals surface area contributed by atoms with Crippen LogP contribution < -0.4 is 15.6 Å². The molecule has 1 aliphatic heterocycles. The van der Waals surface area contributed by atoms with E-state index >= 15 is 0 Å². The second-order valence-electron chi connectivity index (χ2n) is 6.13. The molecule has 4 rings (SSSR count). The summed E-state index contributed by atoms with van der Waals surface area (Å²) in [5, 5.41) is 14.8. The maximum atomic E-state index is 11.9. The molecule has 132 valence electrons. The Kier molecular flexibility index (Phi) is 4.00. The van der Waals surface area contributed by atoms with Gasteiger partial charge in [-0.25, -0.2) is 4.98 Å². The van der Waals surface area contributed by atoms with Crippen LogP contribution in [0.3, 0.4) is 0 Å². The number of H-pyrrole nitrogens is 1. The lowest BCUT2D eigenvalue weighted by Crippen LogP contribution is -2.21. The lowest BCUT2D eigenvalue weighted by Gasteiger charge is -2.26. The number of aromatic amines is 1. The molecule has 2 aromatic carbocycles. The number of hydrogen-bond donors (Lipinski definition) is 2. The van der Waals surface area contributed by atoms with Gasteiger partial charge in [-0.15, -0.1) is 0 Å². The summed E-state index contributed by atoms with van der Waals surface area (Å²) in [5.41, 5.74) is 1.31. The third-order valence-electron chi connectivity index (χ3n) is 4.58. The highest BCUT2D eigenvalue weighted by atomic mass is 16.6. The van der Waals surface area contributed by atoms with Crippen LogP contribution in [-0.2, 0) is 0 Å². The van der Waals surface area contributed by atoms with Gasteiger partial charge in [-0.1, -0.05) is 18.2 Å². The second-order valence-corrected chi connectivity index (χ2v) is 6.13. The minimum Gasteiger partial charge on any atom is -0.493 e. The van der Waals surface area contributed by atoms with Gasteiger partial charge in [0.1, 0.15) is 11.4 Å².